The predicted octanol–water partition coefficient (Wildman–Crippen LogP) is 4.39. The minimum Gasteiger partial charge on any atom is -0.494 e. The number of rotatable bonds is 8. The Morgan fingerprint density at radius 1 is 1.16 bits per heavy atom. The van der Waals surface area contributed by atoms with Crippen molar-refractivity contribution in [1.82, 2.24) is 26.2 Å². The van der Waals surface area contributed by atoms with Gasteiger partial charge in [-0.15, -0.1) is 5.53 Å². The maximum absolute atomic E-state index is 13.7. The lowest BCUT2D eigenvalue weighted by molar-refractivity contribution is -0.137. The van der Waals surface area contributed by atoms with Crippen molar-refractivity contribution in [3.05, 3.63) is 83.1 Å². The number of carbonyl (C=O) groups excluding carboxylic acids is 1. The largest absolute Gasteiger partial charge is 0.494 e. The summed E-state index contributed by atoms with van der Waals surface area (Å²) in [6, 6.07) is 6.95. The van der Waals surface area contributed by atoms with Crippen LogP contribution in [0.15, 0.2) is 55.3 Å². The maximum atomic E-state index is 13.7. The normalized spacial score (nSPS) is 13.4. The zero-order valence-corrected chi connectivity index (χ0v) is 21.3. The first-order valence-corrected chi connectivity index (χ1v) is 11.8. The van der Waals surface area contributed by atoms with Crippen LogP contribution >= 0.6 is 0 Å². The van der Waals surface area contributed by atoms with E-state index in [1.54, 1.807) is 41.8 Å². The monoisotopic (exact) mass is 527 g/mol. The van der Waals surface area contributed by atoms with E-state index >= 15 is 0 Å². The molecule has 0 unspecified atom stereocenters. The van der Waals surface area contributed by atoms with Crippen LogP contribution in [0.1, 0.15) is 46.5 Å². The number of benzene rings is 2. The number of nitrogens with one attached hydrogen (secondary N) is 4. The molecule has 4 rings (SSSR count). The van der Waals surface area contributed by atoms with Crippen LogP contribution in [0.25, 0.3) is 5.70 Å². The van der Waals surface area contributed by atoms with Crippen LogP contribution in [0.4, 0.5) is 24.5 Å². The molecule has 9 nitrogen and oxygen atoms in total. The average molecular weight is 528 g/mol. The summed E-state index contributed by atoms with van der Waals surface area (Å²) >= 11 is 0. The second-order valence-corrected chi connectivity index (χ2v) is 8.98. The Hall–Kier alpha value is -4.16. The van der Waals surface area contributed by atoms with Crippen molar-refractivity contribution < 1.29 is 22.7 Å². The molecule has 0 spiro atoms. The van der Waals surface area contributed by atoms with E-state index in [0.29, 0.717) is 5.69 Å². The summed E-state index contributed by atoms with van der Waals surface area (Å²) in [4.78, 5) is 21.3. The molecule has 0 bridgehead atoms. The van der Waals surface area contributed by atoms with Crippen LogP contribution in [0.2, 0.25) is 0 Å². The van der Waals surface area contributed by atoms with Crippen molar-refractivity contribution in [2.24, 2.45) is 0 Å². The van der Waals surface area contributed by atoms with Gasteiger partial charge in [-0.05, 0) is 36.8 Å². The van der Waals surface area contributed by atoms with E-state index in [4.69, 9.17) is 4.74 Å². The third-order valence-corrected chi connectivity index (χ3v) is 5.82. The minimum absolute atomic E-state index is 0.0379. The summed E-state index contributed by atoms with van der Waals surface area (Å²) < 4.78 is 46.4. The van der Waals surface area contributed by atoms with E-state index in [-0.39, 0.29) is 35.2 Å². The Morgan fingerprint density at radius 2 is 1.89 bits per heavy atom. The predicted molar refractivity (Wildman–Crippen MR) is 138 cm³/mol. The number of aryl methyl sites for hydroxylation is 1. The van der Waals surface area contributed by atoms with Gasteiger partial charge < -0.3 is 20.8 Å². The third-order valence-electron chi connectivity index (χ3n) is 5.82. The fourth-order valence-electron chi connectivity index (χ4n) is 3.87. The first-order chi connectivity index (χ1) is 18.1. The summed E-state index contributed by atoms with van der Waals surface area (Å²) in [6.45, 7) is 5.78. The van der Waals surface area contributed by atoms with Gasteiger partial charge in [0.2, 0.25) is 0 Å². The molecule has 12 heteroatoms. The Balaban J connectivity index is 1.64. The SMILES string of the molecule is COc1c(CNC(C)C)cc(C(F)(F)F)cc1NC(=O)c1ccc(C)c(N2C=C(c3cncnc3)NN2)c1. The summed E-state index contributed by atoms with van der Waals surface area (Å²) in [5, 5.41) is 7.40. The molecule has 0 saturated carbocycles. The topological polar surface area (TPSA) is 103 Å². The maximum Gasteiger partial charge on any atom is 0.416 e. The number of anilines is 2. The molecule has 38 heavy (non-hydrogen) atoms. The molecule has 0 atom stereocenters. The molecule has 0 aliphatic carbocycles. The Labute approximate surface area is 218 Å². The number of methoxy groups -OCH3 is 1. The molecule has 200 valence electrons. The standard InChI is InChI=1S/C26H28F3N7O2/c1-15(2)32-12-18-7-20(26(27,28)29)9-21(24(18)38-4)33-25(37)17-6-5-16(3)23(8-17)36-13-22(34-35-36)19-10-30-14-31-11-19/h5-11,13-15,32,34-35H,12H2,1-4H3,(H,33,37). The number of aromatic nitrogens is 2. The number of ether oxygens (including phenoxy) is 1. The van der Waals surface area contributed by atoms with Gasteiger partial charge in [-0.2, -0.15) is 13.2 Å². The lowest BCUT2D eigenvalue weighted by atomic mass is 10.1. The van der Waals surface area contributed by atoms with Gasteiger partial charge >= 0.3 is 6.18 Å². The molecule has 3 aromatic rings. The summed E-state index contributed by atoms with van der Waals surface area (Å²) in [6.07, 6.45) is 1.92. The first-order valence-electron chi connectivity index (χ1n) is 11.8. The number of carbonyl (C=O) groups is 1. The van der Waals surface area contributed by atoms with Crippen molar-refractivity contribution in [3.63, 3.8) is 0 Å². The van der Waals surface area contributed by atoms with Crippen LogP contribution in [-0.4, -0.2) is 29.0 Å². The van der Waals surface area contributed by atoms with Gasteiger partial charge in [-0.25, -0.2) is 9.97 Å². The van der Waals surface area contributed by atoms with Crippen molar-refractivity contribution in [1.29, 1.82) is 0 Å². The van der Waals surface area contributed by atoms with Gasteiger partial charge in [0.1, 0.15) is 12.1 Å². The van der Waals surface area contributed by atoms with E-state index in [9.17, 15) is 18.0 Å². The van der Waals surface area contributed by atoms with Crippen LogP contribution < -0.4 is 31.3 Å². The lowest BCUT2D eigenvalue weighted by Crippen LogP contribution is -2.36. The highest BCUT2D eigenvalue weighted by Crippen LogP contribution is 2.38. The molecule has 0 saturated heterocycles. The van der Waals surface area contributed by atoms with Crippen LogP contribution in [0.5, 0.6) is 5.75 Å². The minimum atomic E-state index is -4.60. The van der Waals surface area contributed by atoms with Crippen LogP contribution in [0.3, 0.4) is 0 Å². The molecule has 1 aromatic heterocycles. The van der Waals surface area contributed by atoms with Crippen LogP contribution in [-0.2, 0) is 12.7 Å². The number of hydrazine groups is 2. The van der Waals surface area contributed by atoms with E-state index in [1.165, 1.54) is 13.4 Å². The highest BCUT2D eigenvalue weighted by atomic mass is 19.4. The summed E-state index contributed by atoms with van der Waals surface area (Å²) in [7, 11) is 1.36. The highest BCUT2D eigenvalue weighted by Gasteiger charge is 2.33. The van der Waals surface area contributed by atoms with Crippen molar-refractivity contribution in [2.75, 3.05) is 17.4 Å². The molecular weight excluding hydrogens is 499 g/mol. The van der Waals surface area contributed by atoms with Crippen molar-refractivity contribution in [3.8, 4) is 5.75 Å². The molecule has 2 aromatic carbocycles. The van der Waals surface area contributed by atoms with Gasteiger partial charge in [-0.3, -0.25) is 9.80 Å². The molecule has 4 N–H and O–H groups in total. The number of nitrogens with zero attached hydrogens (tertiary/aromatic N) is 3. The highest BCUT2D eigenvalue weighted by molar-refractivity contribution is 6.06. The van der Waals surface area contributed by atoms with Gasteiger partial charge in [0.25, 0.3) is 5.91 Å². The Kier molecular flexibility index (Phi) is 7.83. The van der Waals surface area contributed by atoms with E-state index in [2.05, 4.69) is 31.6 Å². The zero-order valence-electron chi connectivity index (χ0n) is 21.3. The number of alkyl halides is 3. The second-order valence-electron chi connectivity index (χ2n) is 8.98. The molecular formula is C26H28F3N7O2. The van der Waals surface area contributed by atoms with E-state index in [1.807, 2.05) is 20.8 Å². The zero-order chi connectivity index (χ0) is 27.4. The van der Waals surface area contributed by atoms with Crippen LogP contribution in [0, 0.1) is 6.92 Å². The number of hydrogen-bond donors (Lipinski definition) is 4. The molecule has 1 aliphatic heterocycles. The molecule has 0 fully saturated rings. The van der Waals surface area contributed by atoms with E-state index in [0.717, 1.165) is 29.0 Å². The molecule has 1 amide bonds. The van der Waals surface area contributed by atoms with Gasteiger partial charge in [0, 0.05) is 47.9 Å². The fourth-order valence-corrected chi connectivity index (χ4v) is 3.87. The van der Waals surface area contributed by atoms with Crippen molar-refractivity contribution in [2.45, 2.75) is 39.5 Å². The average Bonchev–Trinajstić information content (AvgIpc) is 3.37. The smallest absolute Gasteiger partial charge is 0.416 e. The summed E-state index contributed by atoms with van der Waals surface area (Å²) in [5.41, 5.74) is 8.61. The molecule has 1 aliphatic rings. The summed E-state index contributed by atoms with van der Waals surface area (Å²) in [5.74, 6) is -0.422. The third kappa shape index (κ3) is 6.03. The number of amides is 1. The molecule has 2 heterocycles. The van der Waals surface area contributed by atoms with Crippen molar-refractivity contribution >= 4 is 23.0 Å². The Bertz CT molecular complexity index is 1340. The number of halogens is 3. The Morgan fingerprint density at radius 3 is 2.55 bits per heavy atom. The first kappa shape index (κ1) is 26.9. The number of hydrogen-bond acceptors (Lipinski definition) is 8. The lowest BCUT2D eigenvalue weighted by Gasteiger charge is -2.20. The molecule has 0 radical (unpaired) electrons. The van der Waals surface area contributed by atoms with E-state index < -0.39 is 17.6 Å². The van der Waals surface area contributed by atoms with Gasteiger partial charge in [0.05, 0.1) is 29.7 Å². The fraction of sp³-hybridized carbons (Fsp3) is 0.269. The second kappa shape index (κ2) is 11.1. The van der Waals surface area contributed by atoms with Gasteiger partial charge in [-0.1, -0.05) is 19.9 Å². The quantitative estimate of drug-likeness (QED) is 0.342. The van der Waals surface area contributed by atoms with Gasteiger partial charge in [0.15, 0.2) is 0 Å².